The molecule has 0 bridgehead atoms. The molecule has 2 nitrogen and oxygen atoms in total. The van der Waals surface area contributed by atoms with Gasteiger partial charge in [0.25, 0.3) is 0 Å². The molecule has 0 radical (unpaired) electrons. The molecule has 0 aliphatic heterocycles. The lowest BCUT2D eigenvalue weighted by molar-refractivity contribution is 0.602. The highest BCUT2D eigenvalue weighted by Gasteiger charge is 1.76. The number of hydrogen-bond acceptors (Lipinski definition) is 2. The third kappa shape index (κ3) is 1.65. The number of rotatable bonds is 0. The monoisotopic (exact) mass is 147 g/mol. The normalized spacial score (nSPS) is 10.9. The maximum Gasteiger partial charge on any atom is 0.180 e. The Bertz CT molecular complexity index is 168. The van der Waals surface area contributed by atoms with Crippen LogP contribution in [0, 0.1) is 0 Å². The molecular weight excluding hydrogens is 142 g/mol. The molecule has 0 spiro atoms. The van der Waals surface area contributed by atoms with Crippen LogP contribution in [0.5, 0.6) is 0 Å². The SMILES string of the molecule is [O-][s+]1cccc[nH]s1. The molecule has 1 atom stereocenters. The molecule has 1 rings (SSSR count). The molecule has 1 unspecified atom stereocenters. The number of nitrogens with one attached hydrogen (secondary N) is 1. The Morgan fingerprint density at radius 2 is 2.38 bits per heavy atom. The van der Waals surface area contributed by atoms with Gasteiger partial charge in [-0.3, -0.25) is 4.37 Å². The van der Waals surface area contributed by atoms with Crippen LogP contribution in [-0.2, 0) is 0 Å². The summed E-state index contributed by atoms with van der Waals surface area (Å²) in [6, 6.07) is 3.56. The Morgan fingerprint density at radius 1 is 1.50 bits per heavy atom. The second kappa shape index (κ2) is 2.86. The topological polar surface area (TPSA) is 38.8 Å². The number of aromatic nitrogens is 1. The fourth-order valence-corrected chi connectivity index (χ4v) is 1.62. The third-order valence-corrected chi connectivity index (χ3v) is 2.49. The van der Waals surface area contributed by atoms with Crippen molar-refractivity contribution in [1.82, 2.24) is 4.37 Å². The van der Waals surface area contributed by atoms with E-state index in [1.807, 2.05) is 0 Å². The summed E-state index contributed by atoms with van der Waals surface area (Å²) in [5.74, 6) is 0. The molecule has 0 aromatic carbocycles. The summed E-state index contributed by atoms with van der Waals surface area (Å²) < 4.78 is 13.3. The zero-order valence-electron chi connectivity index (χ0n) is 4.03. The van der Waals surface area contributed by atoms with Crippen molar-refractivity contribution < 1.29 is 4.55 Å². The molecule has 0 aliphatic rings. The third-order valence-electron chi connectivity index (χ3n) is 0.595. The summed E-state index contributed by atoms with van der Waals surface area (Å²) in [6.07, 6.45) is 1.74. The lowest BCUT2D eigenvalue weighted by Gasteiger charge is -1.76. The molecule has 4 heteroatoms. The predicted molar refractivity (Wildman–Crippen MR) is 35.0 cm³/mol. The fourth-order valence-electron chi connectivity index (χ4n) is 0.307. The lowest BCUT2D eigenvalue weighted by Crippen LogP contribution is -1.45. The standard InChI is InChI=1S/C4H5NOS2/c6-8-4-2-1-3-5-7-8/h1-5H. The summed E-state index contributed by atoms with van der Waals surface area (Å²) in [4.78, 5) is 0. The van der Waals surface area contributed by atoms with E-state index in [0.29, 0.717) is 0 Å². The van der Waals surface area contributed by atoms with Gasteiger partial charge < -0.3 is 4.55 Å². The summed E-state index contributed by atoms with van der Waals surface area (Å²) in [5.41, 5.74) is 0. The van der Waals surface area contributed by atoms with E-state index >= 15 is 0 Å². The molecule has 0 aliphatic carbocycles. The molecule has 8 heavy (non-hydrogen) atoms. The van der Waals surface area contributed by atoms with Crippen molar-refractivity contribution in [1.29, 1.82) is 0 Å². The van der Waals surface area contributed by atoms with E-state index in [1.165, 1.54) is 10.5 Å². The first-order valence-corrected chi connectivity index (χ1v) is 4.61. The molecule has 1 heterocycles. The van der Waals surface area contributed by atoms with Gasteiger partial charge in [0.05, 0.1) is 0 Å². The van der Waals surface area contributed by atoms with Gasteiger partial charge in [-0.25, -0.2) is 0 Å². The van der Waals surface area contributed by atoms with Crippen LogP contribution in [0.15, 0.2) is 23.7 Å². The first kappa shape index (κ1) is 5.81. The number of aromatic amines is 1. The predicted octanol–water partition coefficient (Wildman–Crippen LogP) is 1.93. The van der Waals surface area contributed by atoms with Crippen molar-refractivity contribution in [3.8, 4) is 0 Å². The molecule has 0 saturated carbocycles. The van der Waals surface area contributed by atoms with E-state index < -0.39 is 9.75 Å². The highest BCUT2D eigenvalue weighted by molar-refractivity contribution is 7.73. The van der Waals surface area contributed by atoms with Crippen molar-refractivity contribution in [2.75, 3.05) is 0 Å². The van der Waals surface area contributed by atoms with E-state index in [1.54, 1.807) is 23.7 Å². The van der Waals surface area contributed by atoms with Crippen LogP contribution in [0.4, 0.5) is 0 Å². The van der Waals surface area contributed by atoms with Gasteiger partial charge in [-0.05, 0) is 12.1 Å². The van der Waals surface area contributed by atoms with Crippen molar-refractivity contribution in [2.45, 2.75) is 0 Å². The van der Waals surface area contributed by atoms with Gasteiger partial charge in [0, 0.05) is 16.0 Å². The van der Waals surface area contributed by atoms with Gasteiger partial charge in [-0.2, -0.15) is 0 Å². The van der Waals surface area contributed by atoms with Crippen LogP contribution in [0.2, 0.25) is 0 Å². The van der Waals surface area contributed by atoms with Gasteiger partial charge in [0.15, 0.2) is 15.9 Å². The summed E-state index contributed by atoms with van der Waals surface area (Å²) in [5, 5.41) is 1.63. The van der Waals surface area contributed by atoms with Crippen molar-refractivity contribution in [3.05, 3.63) is 23.7 Å². The first-order valence-electron chi connectivity index (χ1n) is 2.06. The largest absolute Gasteiger partial charge is 0.578 e. The summed E-state index contributed by atoms with van der Waals surface area (Å²) in [6.45, 7) is 0. The molecule has 1 N–H and O–H groups in total. The van der Waals surface area contributed by atoms with Crippen LogP contribution < -0.4 is 0 Å². The maximum absolute atomic E-state index is 10.6. The fraction of sp³-hybridized carbons (Fsp3) is 0. The maximum atomic E-state index is 10.6. The summed E-state index contributed by atoms with van der Waals surface area (Å²) in [7, 11) is 0.292. The molecule has 0 fully saturated rings. The van der Waals surface area contributed by atoms with Crippen molar-refractivity contribution in [3.63, 3.8) is 0 Å². The minimum Gasteiger partial charge on any atom is -0.578 e. The smallest absolute Gasteiger partial charge is 0.180 e. The van der Waals surface area contributed by atoms with Gasteiger partial charge in [0.1, 0.15) is 0 Å². The van der Waals surface area contributed by atoms with E-state index in [9.17, 15) is 4.55 Å². The van der Waals surface area contributed by atoms with Crippen LogP contribution in [0.1, 0.15) is 0 Å². The van der Waals surface area contributed by atoms with Crippen molar-refractivity contribution >= 4 is 20.3 Å². The van der Waals surface area contributed by atoms with Crippen LogP contribution in [-0.4, -0.2) is 8.93 Å². The van der Waals surface area contributed by atoms with Crippen LogP contribution >= 0.6 is 20.3 Å². The Morgan fingerprint density at radius 3 is 3.25 bits per heavy atom. The van der Waals surface area contributed by atoms with Crippen LogP contribution in [0.3, 0.4) is 0 Å². The Labute approximate surface area is 53.5 Å². The Hall–Kier alpha value is -0.320. The van der Waals surface area contributed by atoms with Gasteiger partial charge >= 0.3 is 0 Å². The van der Waals surface area contributed by atoms with E-state index in [-0.39, 0.29) is 0 Å². The average Bonchev–Trinajstić information content (AvgIpc) is 1.94. The lowest BCUT2D eigenvalue weighted by atomic mass is 10.7. The first-order chi connectivity index (χ1) is 3.89. The zero-order chi connectivity index (χ0) is 5.82. The molecule has 44 valence electrons. The summed E-state index contributed by atoms with van der Waals surface area (Å²) >= 11 is 0. The van der Waals surface area contributed by atoms with Gasteiger partial charge in [0.2, 0.25) is 0 Å². The Kier molecular flexibility index (Phi) is 2.08. The number of H-pyrrole nitrogens is 1. The van der Waals surface area contributed by atoms with Crippen molar-refractivity contribution in [2.24, 2.45) is 0 Å². The highest BCUT2D eigenvalue weighted by Crippen LogP contribution is 2.10. The highest BCUT2D eigenvalue weighted by atomic mass is 32.9. The molecule has 1 aromatic rings. The minimum atomic E-state index is -0.895. The van der Waals surface area contributed by atoms with Gasteiger partial charge in [-0.1, -0.05) is 0 Å². The van der Waals surface area contributed by atoms with Gasteiger partial charge in [-0.15, -0.1) is 0 Å². The van der Waals surface area contributed by atoms with E-state index in [2.05, 4.69) is 4.37 Å². The zero-order valence-corrected chi connectivity index (χ0v) is 5.67. The quantitative estimate of drug-likeness (QED) is 0.442. The number of hydrogen-bond donors (Lipinski definition) is 1. The van der Waals surface area contributed by atoms with E-state index in [0.717, 1.165) is 0 Å². The molecular formula is C4H5NOS2. The average molecular weight is 147 g/mol. The molecule has 0 amide bonds. The molecule has 1 aromatic heterocycles. The second-order valence-electron chi connectivity index (χ2n) is 1.15. The van der Waals surface area contributed by atoms with E-state index in [4.69, 9.17) is 0 Å². The second-order valence-corrected chi connectivity index (χ2v) is 3.83. The van der Waals surface area contributed by atoms with Crippen LogP contribution in [0.25, 0.3) is 0 Å². The Balaban J connectivity index is 3.12. The minimum absolute atomic E-state index is 0.895. The molecule has 0 saturated heterocycles.